The van der Waals surface area contributed by atoms with Crippen LogP contribution in [0.1, 0.15) is 35.9 Å². The van der Waals surface area contributed by atoms with Gasteiger partial charge < -0.3 is 14.6 Å². The minimum atomic E-state index is -4.46. The Hall–Kier alpha value is -3.81. The van der Waals surface area contributed by atoms with Crippen LogP contribution in [0.25, 0.3) is 22.2 Å². The van der Waals surface area contributed by atoms with E-state index in [2.05, 4.69) is 10.3 Å². The zero-order chi connectivity index (χ0) is 23.9. The highest BCUT2D eigenvalue weighted by atomic mass is 19.4. The number of aryl methyl sites for hydroxylation is 1. The molecule has 1 aliphatic heterocycles. The van der Waals surface area contributed by atoms with Gasteiger partial charge in [-0.15, -0.1) is 0 Å². The first-order chi connectivity index (χ1) is 16.3. The Morgan fingerprint density at radius 3 is 2.62 bits per heavy atom. The normalized spacial score (nSPS) is 16.2. The van der Waals surface area contributed by atoms with Crippen molar-refractivity contribution in [1.29, 1.82) is 0 Å². The molecule has 0 radical (unpaired) electrons. The van der Waals surface area contributed by atoms with Gasteiger partial charge in [-0.1, -0.05) is 42.0 Å². The number of rotatable bonds is 3. The van der Waals surface area contributed by atoms with Crippen LogP contribution in [0, 0.1) is 6.92 Å². The largest absolute Gasteiger partial charge is 0.438 e. The molecule has 4 aromatic rings. The Kier molecular flexibility index (Phi) is 5.51. The van der Waals surface area contributed by atoms with Crippen LogP contribution in [-0.2, 0) is 6.18 Å². The van der Waals surface area contributed by atoms with Crippen molar-refractivity contribution in [2.24, 2.45) is 0 Å². The fourth-order valence-electron chi connectivity index (χ4n) is 4.34. The highest BCUT2D eigenvalue weighted by Crippen LogP contribution is 2.39. The minimum Gasteiger partial charge on any atom is -0.438 e. The van der Waals surface area contributed by atoms with Gasteiger partial charge in [0.05, 0.1) is 5.56 Å². The van der Waals surface area contributed by atoms with Gasteiger partial charge in [-0.25, -0.2) is 9.78 Å². The van der Waals surface area contributed by atoms with Gasteiger partial charge >= 0.3 is 12.2 Å². The molecule has 2 amide bonds. The summed E-state index contributed by atoms with van der Waals surface area (Å²) >= 11 is 0. The van der Waals surface area contributed by atoms with Crippen molar-refractivity contribution in [3.05, 3.63) is 83.7 Å². The second kappa shape index (κ2) is 8.52. The molecule has 1 fully saturated rings. The first-order valence-electron chi connectivity index (χ1n) is 11.0. The third kappa shape index (κ3) is 4.23. The molecular weight excluding hydrogens is 443 g/mol. The summed E-state index contributed by atoms with van der Waals surface area (Å²) in [6, 6.07) is 17.2. The highest BCUT2D eigenvalue weighted by molar-refractivity contribution is 5.90. The maximum Gasteiger partial charge on any atom is 0.417 e. The lowest BCUT2D eigenvalue weighted by atomic mass is 9.99. The van der Waals surface area contributed by atoms with Crippen molar-refractivity contribution in [2.45, 2.75) is 32.0 Å². The Labute approximate surface area is 194 Å². The highest BCUT2D eigenvalue weighted by Gasteiger charge is 2.35. The zero-order valence-electron chi connectivity index (χ0n) is 18.4. The zero-order valence-corrected chi connectivity index (χ0v) is 18.4. The number of fused-ring (bicyclic) bond motifs is 1. The number of anilines is 1. The SMILES string of the molecule is Cc1ccc(NC(=O)N2CCCC2c2nc3cc(-c4ccccc4C(F)(F)F)ccc3o2)cc1. The molecule has 0 bridgehead atoms. The third-order valence-corrected chi connectivity index (χ3v) is 6.05. The van der Waals surface area contributed by atoms with Crippen LogP contribution in [0.4, 0.5) is 23.7 Å². The van der Waals surface area contributed by atoms with E-state index in [1.807, 2.05) is 31.2 Å². The molecule has 3 aromatic carbocycles. The smallest absolute Gasteiger partial charge is 0.417 e. The fourth-order valence-corrected chi connectivity index (χ4v) is 4.34. The number of hydrogen-bond acceptors (Lipinski definition) is 3. The van der Waals surface area contributed by atoms with Crippen LogP contribution in [0.15, 0.2) is 71.1 Å². The van der Waals surface area contributed by atoms with Gasteiger partial charge in [-0.05, 0) is 61.2 Å². The van der Waals surface area contributed by atoms with Crippen LogP contribution in [-0.4, -0.2) is 22.5 Å². The fraction of sp³-hybridized carbons (Fsp3) is 0.231. The van der Waals surface area contributed by atoms with Crippen LogP contribution in [0.5, 0.6) is 0 Å². The lowest BCUT2D eigenvalue weighted by molar-refractivity contribution is -0.137. The van der Waals surface area contributed by atoms with Crippen LogP contribution < -0.4 is 5.32 Å². The summed E-state index contributed by atoms with van der Waals surface area (Å²) in [5.74, 6) is 0.382. The summed E-state index contributed by atoms with van der Waals surface area (Å²) in [4.78, 5) is 19.1. The van der Waals surface area contributed by atoms with Crippen molar-refractivity contribution < 1.29 is 22.4 Å². The van der Waals surface area contributed by atoms with E-state index in [-0.39, 0.29) is 17.6 Å². The number of oxazole rings is 1. The molecule has 34 heavy (non-hydrogen) atoms. The van der Waals surface area contributed by atoms with Gasteiger partial charge in [0.2, 0.25) is 5.89 Å². The number of halogens is 3. The van der Waals surface area contributed by atoms with Gasteiger partial charge in [0.25, 0.3) is 0 Å². The number of hydrogen-bond donors (Lipinski definition) is 1. The molecule has 0 spiro atoms. The second-order valence-corrected chi connectivity index (χ2v) is 8.43. The minimum absolute atomic E-state index is 0.0846. The Morgan fingerprint density at radius 2 is 1.85 bits per heavy atom. The van der Waals surface area contributed by atoms with E-state index < -0.39 is 11.7 Å². The monoisotopic (exact) mass is 465 g/mol. The van der Waals surface area contributed by atoms with Gasteiger partial charge in [0.1, 0.15) is 11.6 Å². The molecule has 0 aliphatic carbocycles. The maximum absolute atomic E-state index is 13.5. The predicted octanol–water partition coefficient (Wildman–Crippen LogP) is 7.19. The van der Waals surface area contributed by atoms with Gasteiger partial charge in [-0.3, -0.25) is 0 Å². The van der Waals surface area contributed by atoms with E-state index in [0.717, 1.165) is 18.1 Å². The Morgan fingerprint density at radius 1 is 1.09 bits per heavy atom. The van der Waals surface area contributed by atoms with Gasteiger partial charge in [0.15, 0.2) is 5.58 Å². The van der Waals surface area contributed by atoms with Gasteiger partial charge in [-0.2, -0.15) is 13.2 Å². The number of urea groups is 1. The summed E-state index contributed by atoms with van der Waals surface area (Å²) in [5.41, 5.74) is 2.51. The van der Waals surface area contributed by atoms with E-state index in [1.54, 1.807) is 29.2 Å². The molecule has 5 nitrogen and oxygen atoms in total. The first-order valence-corrected chi connectivity index (χ1v) is 11.0. The summed E-state index contributed by atoms with van der Waals surface area (Å²) in [6.45, 7) is 2.54. The lowest BCUT2D eigenvalue weighted by Crippen LogP contribution is -2.34. The molecule has 1 aliphatic rings. The topological polar surface area (TPSA) is 58.4 Å². The number of carbonyl (C=O) groups is 1. The lowest BCUT2D eigenvalue weighted by Gasteiger charge is -2.22. The van der Waals surface area contributed by atoms with Crippen molar-refractivity contribution >= 4 is 22.8 Å². The van der Waals surface area contributed by atoms with E-state index in [0.29, 0.717) is 41.2 Å². The third-order valence-electron chi connectivity index (χ3n) is 6.05. The molecular formula is C26H22F3N3O2. The molecule has 1 unspecified atom stereocenters. The molecule has 1 atom stereocenters. The number of nitrogens with zero attached hydrogens (tertiary/aromatic N) is 2. The summed E-state index contributed by atoms with van der Waals surface area (Å²) in [7, 11) is 0. The molecule has 0 saturated carbocycles. The summed E-state index contributed by atoms with van der Waals surface area (Å²) in [6.07, 6.45) is -2.97. The number of carbonyl (C=O) groups excluding carboxylic acids is 1. The quantitative estimate of drug-likeness (QED) is 0.348. The number of amides is 2. The second-order valence-electron chi connectivity index (χ2n) is 8.43. The van der Waals surface area contributed by atoms with E-state index in [4.69, 9.17) is 4.42 Å². The van der Waals surface area contributed by atoms with Crippen molar-refractivity contribution in [2.75, 3.05) is 11.9 Å². The molecule has 1 N–H and O–H groups in total. The van der Waals surface area contributed by atoms with E-state index in [9.17, 15) is 18.0 Å². The van der Waals surface area contributed by atoms with Crippen molar-refractivity contribution in [3.63, 3.8) is 0 Å². The van der Waals surface area contributed by atoms with Crippen LogP contribution in [0.3, 0.4) is 0 Å². The standard InChI is InChI=1S/C26H22F3N3O2/c1-16-8-11-18(12-9-16)30-25(33)32-14-4-7-22(32)24-31-21-15-17(10-13-23(21)34-24)19-5-2-3-6-20(19)26(27,28)29/h2-3,5-6,8-13,15,22H,4,7,14H2,1H3,(H,30,33). The van der Waals surface area contributed by atoms with Crippen molar-refractivity contribution in [3.8, 4) is 11.1 Å². The van der Waals surface area contributed by atoms with E-state index in [1.165, 1.54) is 12.1 Å². The predicted molar refractivity (Wildman–Crippen MR) is 123 cm³/mol. The van der Waals surface area contributed by atoms with Crippen LogP contribution in [0.2, 0.25) is 0 Å². The average Bonchev–Trinajstić information content (AvgIpc) is 3.46. The molecule has 5 rings (SSSR count). The Balaban J connectivity index is 1.42. The number of aromatic nitrogens is 1. The molecule has 1 saturated heterocycles. The number of benzene rings is 3. The van der Waals surface area contributed by atoms with Gasteiger partial charge in [0, 0.05) is 12.2 Å². The maximum atomic E-state index is 13.5. The molecule has 174 valence electrons. The Bertz CT molecular complexity index is 1350. The number of nitrogens with one attached hydrogen (secondary N) is 1. The molecule has 2 heterocycles. The van der Waals surface area contributed by atoms with Crippen LogP contribution >= 0.6 is 0 Å². The average molecular weight is 465 g/mol. The summed E-state index contributed by atoms with van der Waals surface area (Å²) in [5, 5.41) is 2.91. The number of alkyl halides is 3. The molecule has 1 aromatic heterocycles. The molecule has 8 heteroatoms. The summed E-state index contributed by atoms with van der Waals surface area (Å²) < 4.78 is 46.4. The number of likely N-dealkylation sites (tertiary alicyclic amines) is 1. The first kappa shape index (κ1) is 22.0. The van der Waals surface area contributed by atoms with Crippen molar-refractivity contribution in [1.82, 2.24) is 9.88 Å². The van der Waals surface area contributed by atoms with E-state index >= 15 is 0 Å².